The van der Waals surface area contributed by atoms with Crippen LogP contribution < -0.4 is 9.05 Å². The molecule has 318 valence electrons. The summed E-state index contributed by atoms with van der Waals surface area (Å²) >= 11 is 0. The van der Waals surface area contributed by atoms with Gasteiger partial charge in [-0.15, -0.1) is 0 Å². The molecule has 0 saturated carbocycles. The molecular weight excluding hydrogens is 795 g/mol. The zero-order valence-electron chi connectivity index (χ0n) is 36.8. The molecule has 6 nitrogen and oxygen atoms in total. The van der Waals surface area contributed by atoms with Gasteiger partial charge in [-0.3, -0.25) is 0 Å². The van der Waals surface area contributed by atoms with Gasteiger partial charge in [0.15, 0.2) is 0 Å². The molecule has 0 aliphatic carbocycles. The van der Waals surface area contributed by atoms with Crippen molar-refractivity contribution < 1.29 is 27.1 Å². The third-order valence-electron chi connectivity index (χ3n) is 13.2. The van der Waals surface area contributed by atoms with Crippen LogP contribution in [0.25, 0.3) is 0 Å². The van der Waals surface area contributed by atoms with Crippen molar-refractivity contribution in [3.63, 3.8) is 0 Å². The summed E-state index contributed by atoms with van der Waals surface area (Å²) < 4.78 is 40.2. The van der Waals surface area contributed by atoms with E-state index in [1.807, 2.05) is 0 Å². The van der Waals surface area contributed by atoms with E-state index in [1.54, 1.807) is 0 Å². The van der Waals surface area contributed by atoms with Gasteiger partial charge in [-0.25, -0.2) is 0 Å². The monoisotopic (exact) mass is 854 g/mol. The second-order valence-corrected chi connectivity index (χ2v) is 21.6. The average Bonchev–Trinajstić information content (AvgIpc) is 3.29. The van der Waals surface area contributed by atoms with Gasteiger partial charge in [-0.1, -0.05) is 0 Å². The van der Waals surface area contributed by atoms with Crippen molar-refractivity contribution >= 4 is 17.2 Å². The van der Waals surface area contributed by atoms with Crippen molar-refractivity contribution in [1.82, 2.24) is 0 Å². The fraction of sp³-hybridized carbons (Fsp3) is 0.321. The van der Waals surface area contributed by atoms with Crippen LogP contribution in [0, 0.1) is 5.41 Å². The summed E-state index contributed by atoms with van der Waals surface area (Å²) in [5, 5.41) is 0. The van der Waals surface area contributed by atoms with Gasteiger partial charge in [0.05, 0.1) is 0 Å². The minimum atomic E-state index is -4.06. The van der Waals surface area contributed by atoms with Crippen LogP contribution >= 0.6 is 17.2 Å². The van der Waals surface area contributed by atoms with Crippen LogP contribution in [0.15, 0.2) is 158 Å². The second kappa shape index (κ2) is 17.1. The predicted octanol–water partition coefficient (Wildman–Crippen LogP) is 13.4. The Bertz CT molecular complexity index is 2250. The summed E-state index contributed by atoms with van der Waals surface area (Å²) in [5.74, 6) is 1.32. The molecule has 0 N–H and O–H groups in total. The Hall–Kier alpha value is -4.38. The van der Waals surface area contributed by atoms with E-state index in [9.17, 15) is 0 Å². The van der Waals surface area contributed by atoms with E-state index in [0.717, 1.165) is 22.3 Å². The Balaban J connectivity index is 1.27. The minimum absolute atomic E-state index is 0.00144. The summed E-state index contributed by atoms with van der Waals surface area (Å²) in [6, 6.07) is 55.7. The van der Waals surface area contributed by atoms with E-state index >= 15 is 0 Å². The molecule has 6 aromatic rings. The molecule has 0 aromatic heterocycles. The van der Waals surface area contributed by atoms with Crippen molar-refractivity contribution in [3.8, 4) is 11.5 Å². The molecule has 0 atom stereocenters. The first-order valence-electron chi connectivity index (χ1n) is 21.3. The Kier molecular flexibility index (Phi) is 12.1. The molecule has 61 heavy (non-hydrogen) atoms. The van der Waals surface area contributed by atoms with Gasteiger partial charge in [0.25, 0.3) is 0 Å². The average molecular weight is 855 g/mol. The molecule has 1 spiro atoms. The normalized spacial score (nSPS) is 19.3. The maximum atomic E-state index is 7.33. The van der Waals surface area contributed by atoms with E-state index < -0.39 is 24.4 Å². The molecule has 0 radical (unpaired) electrons. The molecule has 6 aromatic carbocycles. The van der Waals surface area contributed by atoms with Crippen LogP contribution in [-0.4, -0.2) is 26.4 Å². The molecule has 8 heteroatoms. The van der Waals surface area contributed by atoms with Crippen molar-refractivity contribution in [1.29, 1.82) is 0 Å². The molecule has 8 rings (SSSR count). The second-order valence-electron chi connectivity index (χ2n) is 18.8. The number of rotatable bonds is 12. The van der Waals surface area contributed by atoms with Crippen LogP contribution in [0.3, 0.4) is 0 Å². The maximum absolute atomic E-state index is 7.33. The fourth-order valence-electron chi connectivity index (χ4n) is 8.65. The Morgan fingerprint density at radius 2 is 0.738 bits per heavy atom. The number of hydrogen-bond donors (Lipinski definition) is 0. The van der Waals surface area contributed by atoms with Crippen molar-refractivity contribution in [2.45, 2.75) is 77.0 Å². The topological polar surface area (TPSA) is 55.4 Å². The quantitative estimate of drug-likeness (QED) is 0.114. The number of hydrogen-bond acceptors (Lipinski definition) is 6. The van der Waals surface area contributed by atoms with Gasteiger partial charge >= 0.3 is 367 Å². The molecule has 2 aliphatic heterocycles. The third kappa shape index (κ3) is 8.69. The fourth-order valence-corrected chi connectivity index (χ4v) is 11.7. The Morgan fingerprint density at radius 3 is 1.08 bits per heavy atom. The molecule has 0 bridgehead atoms. The molecular formula is C53H60O6P2. The summed E-state index contributed by atoms with van der Waals surface area (Å²) in [5.41, 5.74) is 7.18. The summed E-state index contributed by atoms with van der Waals surface area (Å²) in [4.78, 5) is 0. The van der Waals surface area contributed by atoms with Gasteiger partial charge in [0.2, 0.25) is 0 Å². The molecule has 2 aliphatic rings. The van der Waals surface area contributed by atoms with E-state index in [0.29, 0.717) is 37.9 Å². The summed E-state index contributed by atoms with van der Waals surface area (Å²) in [6.07, 6.45) is 0. The summed E-state index contributed by atoms with van der Waals surface area (Å²) in [6.45, 7) is 19.7. The Labute approximate surface area is 365 Å². The van der Waals surface area contributed by atoms with Gasteiger partial charge < -0.3 is 0 Å². The van der Waals surface area contributed by atoms with Crippen LogP contribution in [-0.2, 0) is 39.8 Å². The van der Waals surface area contributed by atoms with Crippen LogP contribution in [0.4, 0.5) is 0 Å². The standard InChI is InChI=1S/C53H60O6P2/c1-49(2,39-21-13-9-14-22-39)43-29-31-47(45(33-43)51(5,6)41-25-17-11-18-26-41)58-61(56-37-53(38-57-61)35-54-60-55-36-53)59-48-32-30-44(50(3,4)40-23-15-10-16-24-40)34-46(48)52(7,8)42-27-19-12-20-28-42/h9-34,60-61H,35-38H2,1-8H3. The van der Waals surface area contributed by atoms with Gasteiger partial charge in [0.1, 0.15) is 0 Å². The predicted molar refractivity (Wildman–Crippen MR) is 251 cm³/mol. The van der Waals surface area contributed by atoms with Crippen molar-refractivity contribution in [2.75, 3.05) is 26.4 Å². The SMILES string of the molecule is CC(C)(c1ccccc1)c1ccc(O[PH]2(Oc3ccc(C(C)(C)c4ccccc4)cc3C(C)(C)c3ccccc3)OCC3(COPOC3)CO2)c(C(C)(C)c2ccccc2)c1. The molecule has 2 fully saturated rings. The van der Waals surface area contributed by atoms with E-state index in [1.165, 1.54) is 22.3 Å². The molecule has 2 saturated heterocycles. The van der Waals surface area contributed by atoms with Crippen molar-refractivity contribution in [3.05, 3.63) is 202 Å². The molecule has 2 heterocycles. The first kappa shape index (κ1) is 43.3. The van der Waals surface area contributed by atoms with E-state index in [-0.39, 0.29) is 19.9 Å². The first-order chi connectivity index (χ1) is 29.2. The molecule has 0 amide bonds. The Morgan fingerprint density at radius 1 is 0.410 bits per heavy atom. The summed E-state index contributed by atoms with van der Waals surface area (Å²) in [7, 11) is -4.06. The van der Waals surface area contributed by atoms with Crippen molar-refractivity contribution in [2.24, 2.45) is 5.41 Å². The van der Waals surface area contributed by atoms with Crippen LogP contribution in [0.1, 0.15) is 99.9 Å². The third-order valence-corrected chi connectivity index (χ3v) is 15.6. The van der Waals surface area contributed by atoms with Gasteiger partial charge in [0, 0.05) is 0 Å². The van der Waals surface area contributed by atoms with Crippen LogP contribution in [0.5, 0.6) is 11.5 Å². The molecule has 0 unspecified atom stereocenters. The van der Waals surface area contributed by atoms with E-state index in [4.69, 9.17) is 27.1 Å². The zero-order valence-corrected chi connectivity index (χ0v) is 38.8. The van der Waals surface area contributed by atoms with Gasteiger partial charge in [-0.2, -0.15) is 0 Å². The van der Waals surface area contributed by atoms with E-state index in [2.05, 4.69) is 213 Å². The first-order valence-corrected chi connectivity index (χ1v) is 23.8. The zero-order chi connectivity index (χ0) is 42.9. The van der Waals surface area contributed by atoms with Gasteiger partial charge in [-0.05, 0) is 0 Å². The number of benzene rings is 6. The van der Waals surface area contributed by atoms with Crippen LogP contribution in [0.2, 0.25) is 0 Å².